The number of hydrogen-bond donors (Lipinski definition) is 1. The normalized spacial score (nSPS) is 9.75. The van der Waals surface area contributed by atoms with Crippen LogP contribution in [0.4, 0.5) is 0 Å². The van der Waals surface area contributed by atoms with Crippen LogP contribution in [0.1, 0.15) is 6.92 Å². The fraction of sp³-hybridized carbons (Fsp3) is 1.00. The van der Waals surface area contributed by atoms with Crippen molar-refractivity contribution in [3.8, 4) is 0 Å². The molecule has 0 fully saturated rings. The van der Waals surface area contributed by atoms with Crippen LogP contribution >= 0.6 is 23.5 Å². The van der Waals surface area contributed by atoms with Crippen molar-refractivity contribution >= 4 is 23.5 Å². The van der Waals surface area contributed by atoms with Crippen LogP contribution in [-0.2, 0) is 0 Å². The third-order valence-corrected chi connectivity index (χ3v) is 2.58. The SMILES string of the molecule is CCSCCSCN. The summed E-state index contributed by atoms with van der Waals surface area (Å²) in [6.45, 7) is 2.18. The van der Waals surface area contributed by atoms with Gasteiger partial charge in [0, 0.05) is 17.4 Å². The quantitative estimate of drug-likeness (QED) is 0.475. The number of thioether (sulfide) groups is 2. The highest BCUT2D eigenvalue weighted by Crippen LogP contribution is 2.03. The van der Waals surface area contributed by atoms with Gasteiger partial charge in [-0.3, -0.25) is 0 Å². The highest BCUT2D eigenvalue weighted by Gasteiger charge is 1.83. The molecule has 0 heterocycles. The summed E-state index contributed by atoms with van der Waals surface area (Å²) < 4.78 is 0. The summed E-state index contributed by atoms with van der Waals surface area (Å²) in [7, 11) is 0. The van der Waals surface area contributed by atoms with E-state index in [1.54, 1.807) is 11.8 Å². The minimum atomic E-state index is 0.768. The first-order valence-electron chi connectivity index (χ1n) is 2.77. The maximum atomic E-state index is 5.26. The van der Waals surface area contributed by atoms with Crippen molar-refractivity contribution in [1.29, 1.82) is 0 Å². The third-order valence-electron chi connectivity index (χ3n) is 0.694. The molecule has 0 aromatic heterocycles. The Morgan fingerprint density at radius 1 is 1.25 bits per heavy atom. The van der Waals surface area contributed by atoms with E-state index in [0.29, 0.717) is 0 Å². The third kappa shape index (κ3) is 6.66. The van der Waals surface area contributed by atoms with Gasteiger partial charge in [0.25, 0.3) is 0 Å². The highest BCUT2D eigenvalue weighted by atomic mass is 32.2. The van der Waals surface area contributed by atoms with E-state index in [1.807, 2.05) is 11.8 Å². The van der Waals surface area contributed by atoms with Crippen LogP contribution in [-0.4, -0.2) is 23.1 Å². The van der Waals surface area contributed by atoms with Crippen LogP contribution in [0.15, 0.2) is 0 Å². The monoisotopic (exact) mass is 151 g/mol. The van der Waals surface area contributed by atoms with Gasteiger partial charge in [-0.2, -0.15) is 11.8 Å². The minimum absolute atomic E-state index is 0.768. The molecule has 0 aromatic rings. The van der Waals surface area contributed by atoms with Gasteiger partial charge >= 0.3 is 0 Å². The van der Waals surface area contributed by atoms with Crippen molar-refractivity contribution in [3.05, 3.63) is 0 Å². The summed E-state index contributed by atoms with van der Waals surface area (Å²) in [6.07, 6.45) is 0. The largest absolute Gasteiger partial charge is 0.322 e. The Kier molecular flexibility index (Phi) is 8.29. The molecule has 0 aliphatic rings. The number of nitrogens with two attached hydrogens (primary N) is 1. The van der Waals surface area contributed by atoms with E-state index in [-0.39, 0.29) is 0 Å². The van der Waals surface area contributed by atoms with Crippen LogP contribution in [0.3, 0.4) is 0 Å². The van der Waals surface area contributed by atoms with Crippen molar-refractivity contribution in [3.63, 3.8) is 0 Å². The summed E-state index contributed by atoms with van der Waals surface area (Å²) >= 11 is 3.78. The lowest BCUT2D eigenvalue weighted by Gasteiger charge is -1.94. The number of hydrogen-bond acceptors (Lipinski definition) is 3. The molecular weight excluding hydrogens is 138 g/mol. The van der Waals surface area contributed by atoms with Crippen LogP contribution in [0.25, 0.3) is 0 Å². The first-order chi connectivity index (χ1) is 3.91. The fourth-order valence-corrected chi connectivity index (χ4v) is 1.74. The average Bonchev–Trinajstić information content (AvgIpc) is 1.81. The zero-order chi connectivity index (χ0) is 6.24. The molecule has 50 valence electrons. The Labute approximate surface area is 59.8 Å². The van der Waals surface area contributed by atoms with Crippen LogP contribution < -0.4 is 5.73 Å². The molecule has 2 N–H and O–H groups in total. The van der Waals surface area contributed by atoms with Gasteiger partial charge in [0.05, 0.1) is 0 Å². The lowest BCUT2D eigenvalue weighted by molar-refractivity contribution is 1.38. The fourth-order valence-electron chi connectivity index (χ4n) is 0.346. The molecule has 0 bridgehead atoms. The lowest BCUT2D eigenvalue weighted by atomic mass is 10.9. The molecule has 0 rings (SSSR count). The molecule has 0 atom stereocenters. The van der Waals surface area contributed by atoms with E-state index in [9.17, 15) is 0 Å². The highest BCUT2D eigenvalue weighted by molar-refractivity contribution is 8.02. The van der Waals surface area contributed by atoms with Crippen molar-refractivity contribution in [2.24, 2.45) is 5.73 Å². The second-order valence-corrected chi connectivity index (χ2v) is 3.82. The Bertz CT molecular complexity index is 35.4. The van der Waals surface area contributed by atoms with E-state index >= 15 is 0 Å². The van der Waals surface area contributed by atoms with Crippen LogP contribution in [0.2, 0.25) is 0 Å². The average molecular weight is 151 g/mol. The van der Waals surface area contributed by atoms with Crippen molar-refractivity contribution < 1.29 is 0 Å². The predicted octanol–water partition coefficient (Wildman–Crippen LogP) is 1.39. The molecule has 3 heteroatoms. The topological polar surface area (TPSA) is 26.0 Å². The van der Waals surface area contributed by atoms with Crippen molar-refractivity contribution in [2.45, 2.75) is 6.92 Å². The summed E-state index contributed by atoms with van der Waals surface area (Å²) in [5.74, 6) is 4.45. The minimum Gasteiger partial charge on any atom is -0.322 e. The summed E-state index contributed by atoms with van der Waals surface area (Å²) in [5, 5.41) is 0. The van der Waals surface area contributed by atoms with Crippen LogP contribution in [0.5, 0.6) is 0 Å². The second-order valence-electron chi connectivity index (χ2n) is 1.27. The summed E-state index contributed by atoms with van der Waals surface area (Å²) in [4.78, 5) is 0. The van der Waals surface area contributed by atoms with Gasteiger partial charge in [0.15, 0.2) is 0 Å². The van der Waals surface area contributed by atoms with E-state index in [0.717, 1.165) is 5.88 Å². The van der Waals surface area contributed by atoms with Gasteiger partial charge in [-0.25, -0.2) is 0 Å². The Balaban J connectivity index is 2.53. The zero-order valence-electron chi connectivity index (χ0n) is 5.22. The van der Waals surface area contributed by atoms with Crippen molar-refractivity contribution in [2.75, 3.05) is 23.1 Å². The molecule has 0 radical (unpaired) electrons. The Morgan fingerprint density at radius 2 is 1.88 bits per heavy atom. The van der Waals surface area contributed by atoms with Gasteiger partial charge in [-0.15, -0.1) is 11.8 Å². The first kappa shape index (κ1) is 8.66. The molecule has 0 unspecified atom stereocenters. The first-order valence-corrected chi connectivity index (χ1v) is 5.08. The molecule has 0 saturated heterocycles. The molecule has 8 heavy (non-hydrogen) atoms. The molecule has 0 aliphatic heterocycles. The Morgan fingerprint density at radius 3 is 2.38 bits per heavy atom. The second kappa shape index (κ2) is 7.66. The van der Waals surface area contributed by atoms with Crippen molar-refractivity contribution in [1.82, 2.24) is 0 Å². The smallest absolute Gasteiger partial charge is 0.0392 e. The summed E-state index contributed by atoms with van der Waals surface area (Å²) in [5.41, 5.74) is 5.26. The van der Waals surface area contributed by atoms with Gasteiger partial charge in [0.2, 0.25) is 0 Å². The van der Waals surface area contributed by atoms with E-state index < -0.39 is 0 Å². The molecule has 0 saturated carbocycles. The standard InChI is InChI=1S/C5H13NS2/c1-2-7-3-4-8-5-6/h2-6H2,1H3. The van der Waals surface area contributed by atoms with Gasteiger partial charge in [0.1, 0.15) is 0 Å². The van der Waals surface area contributed by atoms with E-state index in [2.05, 4.69) is 6.92 Å². The zero-order valence-corrected chi connectivity index (χ0v) is 6.86. The number of rotatable bonds is 5. The molecule has 1 nitrogen and oxygen atoms in total. The molecule has 0 aromatic carbocycles. The summed E-state index contributed by atoms with van der Waals surface area (Å²) in [6, 6.07) is 0. The maximum Gasteiger partial charge on any atom is 0.0392 e. The molecule has 0 spiro atoms. The van der Waals surface area contributed by atoms with Gasteiger partial charge < -0.3 is 5.73 Å². The van der Waals surface area contributed by atoms with Crippen LogP contribution in [0, 0.1) is 0 Å². The molecule has 0 aliphatic carbocycles. The predicted molar refractivity (Wildman–Crippen MR) is 44.5 cm³/mol. The van der Waals surface area contributed by atoms with E-state index in [4.69, 9.17) is 5.73 Å². The lowest BCUT2D eigenvalue weighted by Crippen LogP contribution is -1.95. The maximum absolute atomic E-state index is 5.26. The molecular formula is C5H13NS2. The van der Waals surface area contributed by atoms with Gasteiger partial charge in [-0.1, -0.05) is 6.92 Å². The molecule has 0 amide bonds. The van der Waals surface area contributed by atoms with E-state index in [1.165, 1.54) is 17.3 Å². The Hall–Kier alpha value is 0.660. The van der Waals surface area contributed by atoms with Gasteiger partial charge in [-0.05, 0) is 5.75 Å².